The van der Waals surface area contributed by atoms with Crippen LogP contribution in [0.2, 0.25) is 0 Å². The van der Waals surface area contributed by atoms with E-state index >= 15 is 0 Å². The van der Waals surface area contributed by atoms with Crippen LogP contribution in [0.25, 0.3) is 10.8 Å². The summed E-state index contributed by atoms with van der Waals surface area (Å²) in [5.74, 6) is -1.02. The van der Waals surface area contributed by atoms with Gasteiger partial charge in [-0.25, -0.2) is 4.79 Å². The molecule has 5 nitrogen and oxygen atoms in total. The topological polar surface area (TPSA) is 88.2 Å². The molecule has 3 aromatic rings. The van der Waals surface area contributed by atoms with Crippen molar-refractivity contribution < 1.29 is 9.90 Å². The fraction of sp³-hybridized carbons (Fsp3) is 0. The number of aromatic nitrogens is 1. The Morgan fingerprint density at radius 2 is 2.00 bits per heavy atom. The van der Waals surface area contributed by atoms with Gasteiger partial charge in [-0.2, -0.15) is 0 Å². The summed E-state index contributed by atoms with van der Waals surface area (Å²) >= 11 is 0. The number of fused-ring (bicyclic) bond motifs is 1. The first-order chi connectivity index (χ1) is 10.1. The molecule has 0 fully saturated rings. The lowest BCUT2D eigenvalue weighted by Gasteiger charge is -2.12. The lowest BCUT2D eigenvalue weighted by molar-refractivity contribution is 0.0698. The normalized spacial score (nSPS) is 10.5. The second kappa shape index (κ2) is 5.13. The number of nitrogen functional groups attached to an aromatic ring is 1. The van der Waals surface area contributed by atoms with Gasteiger partial charge in [-0.05, 0) is 35.7 Å². The van der Waals surface area contributed by atoms with Crippen molar-refractivity contribution in [3.05, 3.63) is 60.4 Å². The van der Waals surface area contributed by atoms with Gasteiger partial charge in [0.15, 0.2) is 0 Å². The maximum absolute atomic E-state index is 11.3. The molecular formula is C16H13N3O2. The highest BCUT2D eigenvalue weighted by Crippen LogP contribution is 2.28. The van der Waals surface area contributed by atoms with Crippen LogP contribution in [-0.2, 0) is 0 Å². The van der Waals surface area contributed by atoms with Crippen LogP contribution in [0.4, 0.5) is 17.1 Å². The third kappa shape index (κ3) is 2.49. The summed E-state index contributed by atoms with van der Waals surface area (Å²) in [6.07, 6.45) is 3.47. The standard InChI is InChI=1S/C16H13N3O2/c17-11-4-5-15(12(8-11)16(20)21)19-14-3-1-2-10-6-7-18-9-13(10)14/h1-9,19H,17H2,(H,20,21). The first-order valence-electron chi connectivity index (χ1n) is 6.38. The van der Waals surface area contributed by atoms with Gasteiger partial charge in [-0.1, -0.05) is 12.1 Å². The average Bonchev–Trinajstić information content (AvgIpc) is 2.49. The molecule has 0 aliphatic carbocycles. The fourth-order valence-corrected chi connectivity index (χ4v) is 2.22. The number of aromatic carboxylic acids is 1. The zero-order valence-corrected chi connectivity index (χ0v) is 11.1. The second-order valence-electron chi connectivity index (χ2n) is 4.64. The van der Waals surface area contributed by atoms with E-state index in [2.05, 4.69) is 10.3 Å². The Balaban J connectivity index is 2.09. The van der Waals surface area contributed by atoms with Crippen molar-refractivity contribution in [2.24, 2.45) is 0 Å². The van der Waals surface area contributed by atoms with Gasteiger partial charge in [-0.3, -0.25) is 4.98 Å². The van der Waals surface area contributed by atoms with Crippen molar-refractivity contribution in [2.75, 3.05) is 11.1 Å². The first kappa shape index (κ1) is 12.9. The molecule has 0 unspecified atom stereocenters. The molecule has 0 aliphatic heterocycles. The molecule has 104 valence electrons. The molecule has 3 rings (SSSR count). The number of nitrogens with one attached hydrogen (secondary N) is 1. The largest absolute Gasteiger partial charge is 0.478 e. The van der Waals surface area contributed by atoms with Gasteiger partial charge in [-0.15, -0.1) is 0 Å². The Morgan fingerprint density at radius 1 is 1.14 bits per heavy atom. The minimum atomic E-state index is -1.02. The molecule has 5 heteroatoms. The summed E-state index contributed by atoms with van der Waals surface area (Å²) in [5.41, 5.74) is 7.49. The van der Waals surface area contributed by atoms with Crippen molar-refractivity contribution in [3.63, 3.8) is 0 Å². The first-order valence-corrected chi connectivity index (χ1v) is 6.38. The fourth-order valence-electron chi connectivity index (χ4n) is 2.22. The van der Waals surface area contributed by atoms with Crippen molar-refractivity contribution in [3.8, 4) is 0 Å². The molecule has 2 aromatic carbocycles. The van der Waals surface area contributed by atoms with Crippen LogP contribution in [0.1, 0.15) is 10.4 Å². The van der Waals surface area contributed by atoms with Crippen LogP contribution < -0.4 is 11.1 Å². The molecule has 1 heterocycles. The number of carboxylic acid groups (broad SMARTS) is 1. The van der Waals surface area contributed by atoms with E-state index in [1.807, 2.05) is 24.3 Å². The third-order valence-electron chi connectivity index (χ3n) is 3.23. The summed E-state index contributed by atoms with van der Waals surface area (Å²) in [6, 6.07) is 12.4. The molecular weight excluding hydrogens is 266 g/mol. The van der Waals surface area contributed by atoms with Crippen LogP contribution in [0.5, 0.6) is 0 Å². The van der Waals surface area contributed by atoms with Gasteiger partial charge in [0.2, 0.25) is 0 Å². The summed E-state index contributed by atoms with van der Waals surface area (Å²) in [4.78, 5) is 15.4. The number of benzene rings is 2. The Hall–Kier alpha value is -3.08. The number of anilines is 3. The van der Waals surface area contributed by atoms with Gasteiger partial charge in [0.25, 0.3) is 0 Å². The molecule has 21 heavy (non-hydrogen) atoms. The number of nitrogens with zero attached hydrogens (tertiary/aromatic N) is 1. The van der Waals surface area contributed by atoms with E-state index in [4.69, 9.17) is 5.73 Å². The molecule has 0 amide bonds. The Morgan fingerprint density at radius 3 is 2.81 bits per heavy atom. The van der Waals surface area contributed by atoms with E-state index in [9.17, 15) is 9.90 Å². The number of pyridine rings is 1. The molecule has 0 saturated heterocycles. The SMILES string of the molecule is Nc1ccc(Nc2cccc3ccncc23)c(C(=O)O)c1. The van der Waals surface area contributed by atoms with E-state index in [0.29, 0.717) is 11.4 Å². The van der Waals surface area contributed by atoms with E-state index in [1.165, 1.54) is 6.07 Å². The van der Waals surface area contributed by atoms with Gasteiger partial charge < -0.3 is 16.2 Å². The predicted molar refractivity (Wildman–Crippen MR) is 82.8 cm³/mol. The Bertz CT molecular complexity index is 825. The minimum Gasteiger partial charge on any atom is -0.478 e. The number of hydrogen-bond donors (Lipinski definition) is 3. The van der Waals surface area contributed by atoms with Crippen molar-refractivity contribution >= 4 is 33.8 Å². The zero-order chi connectivity index (χ0) is 14.8. The van der Waals surface area contributed by atoms with Gasteiger partial charge in [0.05, 0.1) is 11.3 Å². The monoisotopic (exact) mass is 279 g/mol. The highest BCUT2D eigenvalue weighted by molar-refractivity contribution is 5.99. The van der Waals surface area contributed by atoms with Gasteiger partial charge in [0.1, 0.15) is 0 Å². The van der Waals surface area contributed by atoms with Crippen molar-refractivity contribution in [1.82, 2.24) is 4.98 Å². The lowest BCUT2D eigenvalue weighted by atomic mass is 10.1. The molecule has 4 N–H and O–H groups in total. The van der Waals surface area contributed by atoms with Crippen molar-refractivity contribution in [2.45, 2.75) is 0 Å². The quantitative estimate of drug-likeness (QED) is 0.640. The summed E-state index contributed by atoms with van der Waals surface area (Å²) < 4.78 is 0. The van der Waals surface area contributed by atoms with E-state index in [0.717, 1.165) is 16.5 Å². The predicted octanol–water partition coefficient (Wildman–Crippen LogP) is 3.26. The molecule has 0 saturated carbocycles. The highest BCUT2D eigenvalue weighted by atomic mass is 16.4. The molecule has 0 atom stereocenters. The molecule has 0 aliphatic rings. The number of carbonyl (C=O) groups is 1. The maximum Gasteiger partial charge on any atom is 0.337 e. The van der Waals surface area contributed by atoms with E-state index in [1.54, 1.807) is 24.5 Å². The molecule has 0 spiro atoms. The number of hydrogen-bond acceptors (Lipinski definition) is 4. The highest BCUT2D eigenvalue weighted by Gasteiger charge is 2.11. The minimum absolute atomic E-state index is 0.135. The molecule has 0 radical (unpaired) electrons. The van der Waals surface area contributed by atoms with E-state index < -0.39 is 5.97 Å². The lowest BCUT2D eigenvalue weighted by Crippen LogP contribution is -2.04. The molecule has 0 bridgehead atoms. The third-order valence-corrected chi connectivity index (χ3v) is 3.23. The summed E-state index contributed by atoms with van der Waals surface area (Å²) in [5, 5.41) is 14.4. The molecule has 1 aromatic heterocycles. The van der Waals surface area contributed by atoms with Crippen LogP contribution in [0, 0.1) is 0 Å². The second-order valence-corrected chi connectivity index (χ2v) is 4.64. The van der Waals surface area contributed by atoms with Crippen LogP contribution in [-0.4, -0.2) is 16.1 Å². The van der Waals surface area contributed by atoms with Crippen LogP contribution >= 0.6 is 0 Å². The van der Waals surface area contributed by atoms with Gasteiger partial charge in [0, 0.05) is 29.2 Å². The maximum atomic E-state index is 11.3. The van der Waals surface area contributed by atoms with Crippen LogP contribution in [0.15, 0.2) is 54.9 Å². The van der Waals surface area contributed by atoms with Crippen molar-refractivity contribution in [1.29, 1.82) is 0 Å². The van der Waals surface area contributed by atoms with Crippen LogP contribution in [0.3, 0.4) is 0 Å². The van der Waals surface area contributed by atoms with E-state index in [-0.39, 0.29) is 5.56 Å². The number of rotatable bonds is 3. The number of carboxylic acids is 1. The smallest absolute Gasteiger partial charge is 0.337 e. The average molecular weight is 279 g/mol. The Kier molecular flexibility index (Phi) is 3.16. The zero-order valence-electron chi connectivity index (χ0n) is 11.1. The number of nitrogens with two attached hydrogens (primary N) is 1. The Labute approximate surface area is 121 Å². The van der Waals surface area contributed by atoms with Gasteiger partial charge >= 0.3 is 5.97 Å². The summed E-state index contributed by atoms with van der Waals surface area (Å²) in [7, 11) is 0. The summed E-state index contributed by atoms with van der Waals surface area (Å²) in [6.45, 7) is 0.